The number of rotatable bonds is 7. The Morgan fingerprint density at radius 1 is 1.13 bits per heavy atom. The second kappa shape index (κ2) is 8.83. The Morgan fingerprint density at radius 3 is 2.00 bits per heavy atom. The van der Waals surface area contributed by atoms with Gasteiger partial charge < -0.3 is 13.9 Å². The molecule has 23 heavy (non-hydrogen) atoms. The number of anilines is 1. The zero-order valence-corrected chi connectivity index (χ0v) is 16.9. The quantitative estimate of drug-likeness (QED) is 0.307. The Kier molecular flexibility index (Phi) is 7.74. The number of hydrogen-bond acceptors (Lipinski definition) is 5. The molecule has 0 saturated carbocycles. The second-order valence-electron chi connectivity index (χ2n) is 5.73. The number of nitrogens with zero attached hydrogens (tertiary/aromatic N) is 2. The topological polar surface area (TPSA) is 63.2 Å². The van der Waals surface area contributed by atoms with Gasteiger partial charge in [-0.05, 0) is 52.0 Å². The van der Waals surface area contributed by atoms with E-state index in [1.54, 1.807) is 19.0 Å². The molecule has 130 valence electrons. The van der Waals surface area contributed by atoms with Crippen LogP contribution in [-0.2, 0) is 13.6 Å². The lowest BCUT2D eigenvalue weighted by atomic mass is 10.3. The Bertz CT molecular complexity index is 560. The summed E-state index contributed by atoms with van der Waals surface area (Å²) in [6.07, 6.45) is -0.505. The fraction of sp³-hybridized carbons (Fsp3) is 0.533. The molecule has 1 N–H and O–H groups in total. The minimum absolute atomic E-state index is 0.225. The van der Waals surface area contributed by atoms with Crippen molar-refractivity contribution >= 4 is 34.8 Å². The Morgan fingerprint density at radius 2 is 1.61 bits per heavy atom. The highest BCUT2D eigenvalue weighted by Crippen LogP contribution is 2.52. The van der Waals surface area contributed by atoms with Crippen LogP contribution < -0.4 is 5.43 Å². The lowest BCUT2D eigenvalue weighted by Gasteiger charge is -2.27. The fourth-order valence-electron chi connectivity index (χ4n) is 1.72. The van der Waals surface area contributed by atoms with Crippen LogP contribution in [0.4, 0.5) is 5.69 Å². The van der Waals surface area contributed by atoms with Gasteiger partial charge in [-0.2, -0.15) is 0 Å². The van der Waals surface area contributed by atoms with Crippen molar-refractivity contribution in [3.63, 3.8) is 0 Å². The highest BCUT2D eigenvalue weighted by Gasteiger charge is 2.36. The first-order chi connectivity index (χ1) is 10.6. The number of halogens is 1. The van der Waals surface area contributed by atoms with Gasteiger partial charge in [-0.15, -0.1) is 5.10 Å². The van der Waals surface area contributed by atoms with Crippen LogP contribution in [0.15, 0.2) is 33.8 Å². The molecule has 0 saturated heterocycles. The van der Waals surface area contributed by atoms with Crippen molar-refractivity contribution in [1.29, 1.82) is 0 Å². The van der Waals surface area contributed by atoms with Gasteiger partial charge in [0, 0.05) is 18.6 Å². The smallest absolute Gasteiger partial charge is 0.355 e. The minimum Gasteiger partial charge on any atom is -0.355 e. The number of benzene rings is 1. The monoisotopic (exact) mass is 405 g/mol. The normalized spacial score (nSPS) is 12.8. The van der Waals surface area contributed by atoms with Gasteiger partial charge in [-0.3, -0.25) is 9.99 Å². The first-order valence-corrected chi connectivity index (χ1v) is 9.71. The molecule has 1 aromatic rings. The largest absolute Gasteiger partial charge is 0.398 e. The molecule has 6 nitrogen and oxygen atoms in total. The molecule has 0 unspecified atom stereocenters. The van der Waals surface area contributed by atoms with Gasteiger partial charge in [0.25, 0.3) is 0 Å². The lowest BCUT2D eigenvalue weighted by Crippen LogP contribution is -2.27. The van der Waals surface area contributed by atoms with E-state index in [0.717, 1.165) is 10.2 Å². The van der Waals surface area contributed by atoms with Crippen molar-refractivity contribution < 1.29 is 13.6 Å². The van der Waals surface area contributed by atoms with Crippen LogP contribution in [0.2, 0.25) is 0 Å². The molecule has 0 aliphatic rings. The third-order valence-corrected chi connectivity index (χ3v) is 5.39. The summed E-state index contributed by atoms with van der Waals surface area (Å²) in [4.78, 5) is 1.64. The molecule has 0 aromatic heterocycles. The number of nitrogens with one attached hydrogen (secondary N) is 1. The van der Waals surface area contributed by atoms with E-state index in [1.807, 2.05) is 52.0 Å². The molecule has 8 heteroatoms. The molecule has 0 aliphatic carbocycles. The Labute approximate surface area is 146 Å². The second-order valence-corrected chi connectivity index (χ2v) is 8.46. The number of amidine groups is 1. The van der Waals surface area contributed by atoms with Crippen LogP contribution in [0, 0.1) is 0 Å². The highest BCUT2D eigenvalue weighted by atomic mass is 79.9. The summed E-state index contributed by atoms with van der Waals surface area (Å²) in [5, 5.41) is 4.27. The van der Waals surface area contributed by atoms with E-state index in [4.69, 9.17) is 9.05 Å². The first-order valence-electron chi connectivity index (χ1n) is 7.38. The van der Waals surface area contributed by atoms with Crippen LogP contribution in [0.5, 0.6) is 0 Å². The van der Waals surface area contributed by atoms with Gasteiger partial charge in [-0.25, -0.2) is 0 Å². The van der Waals surface area contributed by atoms with Gasteiger partial charge in [-0.1, -0.05) is 15.9 Å². The van der Waals surface area contributed by atoms with Crippen molar-refractivity contribution in [3.05, 3.63) is 28.7 Å². The number of hydrogen-bond donors (Lipinski definition) is 1. The SMILES string of the molecule is CC(C)OP(=O)(OC(C)C)/C(=N/Nc1ccc(Br)cc1)N(C)C. The van der Waals surface area contributed by atoms with Crippen LogP contribution in [0.25, 0.3) is 0 Å². The molecule has 0 atom stereocenters. The van der Waals surface area contributed by atoms with E-state index < -0.39 is 7.60 Å². The van der Waals surface area contributed by atoms with Gasteiger partial charge in [0.15, 0.2) is 0 Å². The standard InChI is InChI=1S/C15H25BrN3O3P/c1-11(2)21-23(20,22-12(3)4)15(19(5)6)18-17-14-9-7-13(16)8-10-14/h7-12,17H,1-6H3/b18-15+. The summed E-state index contributed by atoms with van der Waals surface area (Å²) in [7, 11) is -0.0360. The maximum atomic E-state index is 13.2. The fourth-order valence-corrected chi connectivity index (χ4v) is 3.99. The minimum atomic E-state index is -3.54. The molecular formula is C15H25BrN3O3P. The van der Waals surface area contributed by atoms with Gasteiger partial charge in [0.1, 0.15) is 0 Å². The summed E-state index contributed by atoms with van der Waals surface area (Å²) in [6.45, 7) is 7.25. The summed E-state index contributed by atoms with van der Waals surface area (Å²) in [5.74, 6) is 0. The molecular weight excluding hydrogens is 381 g/mol. The summed E-state index contributed by atoms with van der Waals surface area (Å²) >= 11 is 3.38. The van der Waals surface area contributed by atoms with E-state index in [1.165, 1.54) is 0 Å². The molecule has 0 radical (unpaired) electrons. The zero-order chi connectivity index (χ0) is 17.6. The Hall–Kier alpha value is -0.880. The average molecular weight is 406 g/mol. The van der Waals surface area contributed by atoms with Crippen LogP contribution in [0.3, 0.4) is 0 Å². The average Bonchev–Trinajstić information content (AvgIpc) is 2.38. The maximum absolute atomic E-state index is 13.2. The molecule has 0 spiro atoms. The summed E-state index contributed by atoms with van der Waals surface area (Å²) < 4.78 is 25.3. The van der Waals surface area contributed by atoms with E-state index >= 15 is 0 Å². The van der Waals surface area contributed by atoms with E-state index in [9.17, 15) is 4.57 Å². The molecule has 1 aromatic carbocycles. The summed E-state index contributed by atoms with van der Waals surface area (Å²) in [5.41, 5.74) is 3.90. The lowest BCUT2D eigenvalue weighted by molar-refractivity contribution is 0.150. The predicted octanol–water partition coefficient (Wildman–Crippen LogP) is 4.74. The third-order valence-electron chi connectivity index (χ3n) is 2.47. The molecule has 1 rings (SSSR count). The predicted molar refractivity (Wildman–Crippen MR) is 98.9 cm³/mol. The van der Waals surface area contributed by atoms with E-state index in [0.29, 0.717) is 0 Å². The third kappa shape index (κ3) is 6.63. The van der Waals surface area contributed by atoms with Crippen LogP contribution in [-0.4, -0.2) is 36.8 Å². The molecule has 0 amide bonds. The molecule has 0 fully saturated rings. The van der Waals surface area contributed by atoms with E-state index in [-0.39, 0.29) is 17.8 Å². The highest BCUT2D eigenvalue weighted by molar-refractivity contribution is 9.10. The van der Waals surface area contributed by atoms with Crippen molar-refractivity contribution in [3.8, 4) is 0 Å². The number of hydrazone groups is 1. The van der Waals surface area contributed by atoms with Crippen LogP contribution >= 0.6 is 23.5 Å². The van der Waals surface area contributed by atoms with Crippen molar-refractivity contribution in [2.75, 3.05) is 19.5 Å². The van der Waals surface area contributed by atoms with Crippen molar-refractivity contribution in [2.45, 2.75) is 39.9 Å². The molecule has 0 heterocycles. The zero-order valence-electron chi connectivity index (χ0n) is 14.4. The van der Waals surface area contributed by atoms with Crippen molar-refractivity contribution in [1.82, 2.24) is 4.90 Å². The molecule has 0 aliphatic heterocycles. The van der Waals surface area contributed by atoms with Crippen LogP contribution in [0.1, 0.15) is 27.7 Å². The van der Waals surface area contributed by atoms with Crippen molar-refractivity contribution in [2.24, 2.45) is 5.10 Å². The van der Waals surface area contributed by atoms with Gasteiger partial charge >= 0.3 is 7.60 Å². The maximum Gasteiger partial charge on any atom is 0.398 e. The summed E-state index contributed by atoms with van der Waals surface area (Å²) in [6, 6.07) is 7.50. The molecule has 0 bridgehead atoms. The first kappa shape index (κ1) is 20.2. The van der Waals surface area contributed by atoms with Gasteiger partial charge in [0.2, 0.25) is 5.58 Å². The van der Waals surface area contributed by atoms with Gasteiger partial charge in [0.05, 0.1) is 17.9 Å². The van der Waals surface area contributed by atoms with E-state index in [2.05, 4.69) is 26.5 Å². The Balaban J connectivity index is 3.11.